The highest BCUT2D eigenvalue weighted by molar-refractivity contribution is 7.16. The first-order chi connectivity index (χ1) is 12.5. The van der Waals surface area contributed by atoms with E-state index in [2.05, 4.69) is 44.3 Å². The number of hydrogen-bond acceptors (Lipinski definition) is 3. The first-order valence-corrected chi connectivity index (χ1v) is 9.44. The van der Waals surface area contributed by atoms with Gasteiger partial charge in [0.1, 0.15) is 5.82 Å². The highest BCUT2D eigenvalue weighted by atomic mass is 32.1. The number of benzene rings is 2. The summed E-state index contributed by atoms with van der Waals surface area (Å²) in [5, 5.41) is 3.41. The van der Waals surface area contributed by atoms with E-state index in [9.17, 15) is 9.18 Å². The summed E-state index contributed by atoms with van der Waals surface area (Å²) in [5.74, 6) is -0.646. The number of thiazole rings is 1. The minimum absolute atomic E-state index is 0.283. The summed E-state index contributed by atoms with van der Waals surface area (Å²) in [6, 6.07) is 11.8. The van der Waals surface area contributed by atoms with E-state index in [1.165, 1.54) is 41.2 Å². The number of carbonyl (C=O) groups excluding carboxylic acids is 1. The number of nitrogens with one attached hydrogen (secondary N) is 1. The average Bonchev–Trinajstić information content (AvgIpc) is 3.00. The maximum Gasteiger partial charge on any atom is 0.257 e. The fraction of sp³-hybridized carbons (Fsp3) is 0.238. The number of nitrogens with zero attached hydrogens (tertiary/aromatic N) is 1. The smallest absolute Gasteiger partial charge is 0.257 e. The van der Waals surface area contributed by atoms with E-state index in [1.54, 1.807) is 0 Å². The lowest BCUT2D eigenvalue weighted by atomic mass is 10.0. The Bertz CT molecular complexity index is 932. The molecule has 0 aliphatic carbocycles. The van der Waals surface area contributed by atoms with Crippen molar-refractivity contribution in [3.8, 4) is 11.3 Å². The molecule has 1 aromatic heterocycles. The molecule has 1 amide bonds. The highest BCUT2D eigenvalue weighted by Crippen LogP contribution is 2.34. The van der Waals surface area contributed by atoms with Crippen LogP contribution < -0.4 is 5.32 Å². The Balaban J connectivity index is 1.93. The fourth-order valence-corrected chi connectivity index (χ4v) is 3.85. The van der Waals surface area contributed by atoms with Gasteiger partial charge in [0.15, 0.2) is 5.13 Å². The largest absolute Gasteiger partial charge is 0.298 e. The highest BCUT2D eigenvalue weighted by Gasteiger charge is 2.16. The summed E-state index contributed by atoms with van der Waals surface area (Å²) in [6.07, 6.45) is 1.91. The summed E-state index contributed by atoms with van der Waals surface area (Å²) < 4.78 is 13.0. The van der Waals surface area contributed by atoms with Crippen molar-refractivity contribution < 1.29 is 9.18 Å². The quantitative estimate of drug-likeness (QED) is 0.621. The molecule has 0 spiro atoms. The normalized spacial score (nSPS) is 10.8. The van der Waals surface area contributed by atoms with E-state index in [0.29, 0.717) is 10.7 Å². The molecule has 0 fully saturated rings. The molecule has 0 radical (unpaired) electrons. The summed E-state index contributed by atoms with van der Waals surface area (Å²) in [6.45, 7) is 6.26. The number of aromatic nitrogens is 1. The molecule has 1 heterocycles. The fourth-order valence-electron chi connectivity index (χ4n) is 2.77. The molecular weight excluding hydrogens is 347 g/mol. The second-order valence-corrected chi connectivity index (χ2v) is 7.40. The molecular formula is C21H21FN2OS. The van der Waals surface area contributed by atoms with Gasteiger partial charge in [0.05, 0.1) is 5.69 Å². The van der Waals surface area contributed by atoms with E-state index in [0.717, 1.165) is 34.5 Å². The van der Waals surface area contributed by atoms with Gasteiger partial charge in [-0.3, -0.25) is 10.1 Å². The van der Waals surface area contributed by atoms with Crippen LogP contribution in [0.5, 0.6) is 0 Å². The van der Waals surface area contributed by atoms with Gasteiger partial charge in [0, 0.05) is 16.0 Å². The van der Waals surface area contributed by atoms with Gasteiger partial charge in [-0.05, 0) is 56.2 Å². The topological polar surface area (TPSA) is 42.0 Å². The van der Waals surface area contributed by atoms with E-state index in [1.807, 2.05) is 0 Å². The van der Waals surface area contributed by atoms with Crippen LogP contribution in [0.15, 0.2) is 42.5 Å². The van der Waals surface area contributed by atoms with Crippen LogP contribution in [-0.4, -0.2) is 10.9 Å². The summed E-state index contributed by atoms with van der Waals surface area (Å²) in [4.78, 5) is 18.3. The molecule has 134 valence electrons. The van der Waals surface area contributed by atoms with Crippen LogP contribution in [0, 0.1) is 19.7 Å². The van der Waals surface area contributed by atoms with Crippen LogP contribution in [0.25, 0.3) is 11.3 Å². The third-order valence-electron chi connectivity index (χ3n) is 4.15. The van der Waals surface area contributed by atoms with Crippen LogP contribution >= 0.6 is 11.3 Å². The van der Waals surface area contributed by atoms with Gasteiger partial charge in [-0.15, -0.1) is 11.3 Å². The van der Waals surface area contributed by atoms with Gasteiger partial charge in [0.25, 0.3) is 5.91 Å². The van der Waals surface area contributed by atoms with Crippen molar-refractivity contribution in [3.63, 3.8) is 0 Å². The maximum absolute atomic E-state index is 13.0. The minimum Gasteiger partial charge on any atom is -0.298 e. The predicted octanol–water partition coefficient (Wildman–Crippen LogP) is 5.77. The lowest BCUT2D eigenvalue weighted by Crippen LogP contribution is -2.11. The standard InChI is InChI=1S/C21H21FN2OS/c1-4-5-18-19(17-12-13(2)6-7-14(17)3)23-21(26-18)24-20(25)15-8-10-16(22)11-9-15/h6-12H,4-5H2,1-3H3,(H,23,24,25). The molecule has 3 aromatic rings. The zero-order chi connectivity index (χ0) is 18.7. The van der Waals surface area contributed by atoms with Crippen molar-refractivity contribution in [1.82, 2.24) is 4.98 Å². The molecule has 5 heteroatoms. The molecule has 0 aliphatic heterocycles. The number of hydrogen-bond donors (Lipinski definition) is 1. The van der Waals surface area contributed by atoms with Crippen LogP contribution in [0.3, 0.4) is 0 Å². The van der Waals surface area contributed by atoms with Crippen molar-refractivity contribution in [2.45, 2.75) is 33.6 Å². The van der Waals surface area contributed by atoms with Crippen LogP contribution in [0.2, 0.25) is 0 Å². The van der Waals surface area contributed by atoms with Crippen molar-refractivity contribution >= 4 is 22.4 Å². The van der Waals surface area contributed by atoms with Gasteiger partial charge < -0.3 is 0 Å². The van der Waals surface area contributed by atoms with Gasteiger partial charge in [-0.25, -0.2) is 9.37 Å². The molecule has 3 nitrogen and oxygen atoms in total. The second-order valence-electron chi connectivity index (χ2n) is 6.32. The number of halogens is 1. The number of amides is 1. The predicted molar refractivity (Wildman–Crippen MR) is 105 cm³/mol. The molecule has 3 rings (SSSR count). The molecule has 0 atom stereocenters. The molecule has 2 aromatic carbocycles. The monoisotopic (exact) mass is 368 g/mol. The Hall–Kier alpha value is -2.53. The van der Waals surface area contributed by atoms with Gasteiger partial charge >= 0.3 is 0 Å². The van der Waals surface area contributed by atoms with Gasteiger partial charge in [0.2, 0.25) is 0 Å². The van der Waals surface area contributed by atoms with Crippen molar-refractivity contribution in [2.24, 2.45) is 0 Å². The maximum atomic E-state index is 13.0. The summed E-state index contributed by atoms with van der Waals surface area (Å²) >= 11 is 1.50. The summed E-state index contributed by atoms with van der Waals surface area (Å²) in [7, 11) is 0. The van der Waals surface area contributed by atoms with E-state index in [4.69, 9.17) is 4.98 Å². The van der Waals surface area contributed by atoms with Crippen molar-refractivity contribution in [3.05, 3.63) is 69.8 Å². The number of carbonyl (C=O) groups is 1. The zero-order valence-electron chi connectivity index (χ0n) is 15.1. The van der Waals surface area contributed by atoms with Crippen LogP contribution in [-0.2, 0) is 6.42 Å². The average molecular weight is 368 g/mol. The van der Waals surface area contributed by atoms with Gasteiger partial charge in [-0.2, -0.15) is 0 Å². The molecule has 0 unspecified atom stereocenters. The Morgan fingerprint density at radius 2 is 1.88 bits per heavy atom. The Morgan fingerprint density at radius 1 is 1.15 bits per heavy atom. The summed E-state index contributed by atoms with van der Waals surface area (Å²) in [5.41, 5.74) is 4.79. The molecule has 26 heavy (non-hydrogen) atoms. The van der Waals surface area contributed by atoms with E-state index >= 15 is 0 Å². The first-order valence-electron chi connectivity index (χ1n) is 8.62. The molecule has 1 N–H and O–H groups in total. The van der Waals surface area contributed by atoms with Crippen LogP contribution in [0.4, 0.5) is 9.52 Å². The lowest BCUT2D eigenvalue weighted by Gasteiger charge is -2.06. The number of anilines is 1. The number of aryl methyl sites for hydroxylation is 3. The molecule has 0 saturated carbocycles. The SMILES string of the molecule is CCCc1sc(NC(=O)c2ccc(F)cc2)nc1-c1cc(C)ccc1C. The zero-order valence-corrected chi connectivity index (χ0v) is 15.9. The Labute approximate surface area is 156 Å². The van der Waals surface area contributed by atoms with Gasteiger partial charge in [-0.1, -0.05) is 31.0 Å². The van der Waals surface area contributed by atoms with Crippen molar-refractivity contribution in [2.75, 3.05) is 5.32 Å². The molecule has 0 bridgehead atoms. The lowest BCUT2D eigenvalue weighted by molar-refractivity contribution is 0.102. The first kappa shape index (κ1) is 18.3. The number of rotatable bonds is 5. The minimum atomic E-state index is -0.363. The molecule has 0 aliphatic rings. The third-order valence-corrected chi connectivity index (χ3v) is 5.18. The Kier molecular flexibility index (Phi) is 5.47. The van der Waals surface area contributed by atoms with E-state index in [-0.39, 0.29) is 11.7 Å². The Morgan fingerprint density at radius 3 is 2.58 bits per heavy atom. The van der Waals surface area contributed by atoms with Crippen LogP contribution in [0.1, 0.15) is 39.7 Å². The second kappa shape index (κ2) is 7.79. The third kappa shape index (κ3) is 3.99. The van der Waals surface area contributed by atoms with E-state index < -0.39 is 0 Å². The molecule has 0 saturated heterocycles. The van der Waals surface area contributed by atoms with Crippen molar-refractivity contribution in [1.29, 1.82) is 0 Å².